The fraction of sp³-hybridized carbons (Fsp3) is 0.657. The summed E-state index contributed by atoms with van der Waals surface area (Å²) in [4.78, 5) is 52.7. The van der Waals surface area contributed by atoms with Crippen molar-refractivity contribution in [2.75, 3.05) is 0 Å². The molecule has 6 aliphatic rings. The number of rotatable bonds is 6. The highest BCUT2D eigenvalue weighted by atomic mass is 16.5. The number of carbonyl (C=O) groups is 4. The molecule has 6 rings (SSSR count). The van der Waals surface area contributed by atoms with Crippen LogP contribution in [0.15, 0.2) is 45.6 Å². The second-order valence-corrected chi connectivity index (χ2v) is 15.4. The zero-order chi connectivity index (χ0) is 31.7. The topological polar surface area (TPSA) is 127 Å². The molecule has 8 nitrogen and oxygen atoms in total. The van der Waals surface area contributed by atoms with E-state index >= 15 is 0 Å². The van der Waals surface area contributed by atoms with Crippen LogP contribution in [0.5, 0.6) is 0 Å². The van der Waals surface area contributed by atoms with E-state index in [9.17, 15) is 29.4 Å². The van der Waals surface area contributed by atoms with Crippen LogP contribution < -0.4 is 0 Å². The van der Waals surface area contributed by atoms with Crippen molar-refractivity contribution in [3.63, 3.8) is 0 Å². The molecule has 4 atom stereocenters. The Kier molecular flexibility index (Phi) is 6.23. The van der Waals surface area contributed by atoms with Gasteiger partial charge in [0.15, 0.2) is 11.6 Å². The lowest BCUT2D eigenvalue weighted by Crippen LogP contribution is -2.50. The molecule has 0 unspecified atom stereocenters. The van der Waals surface area contributed by atoms with Crippen molar-refractivity contribution in [1.29, 1.82) is 0 Å². The third-order valence-electron chi connectivity index (χ3n) is 11.7. The molecule has 2 fully saturated rings. The SMILES string of the molecule is CC1=C2C(=CC(C)(C)[C@@H]2OC(=O)CCCC(=O)O[C@@H]2C3=C(C)C4(CC4)[C@@](C)(O)C(=O)C3=CC2(C)C)C(=O)[C@](C)(O)C12CC2. The molecule has 0 heterocycles. The molecule has 232 valence electrons. The molecule has 6 aliphatic carbocycles. The van der Waals surface area contributed by atoms with Crippen LogP contribution in [0.25, 0.3) is 0 Å². The van der Waals surface area contributed by atoms with E-state index in [1.165, 1.54) is 0 Å². The van der Waals surface area contributed by atoms with E-state index in [2.05, 4.69) is 0 Å². The Hall–Kier alpha value is -2.84. The Labute approximate surface area is 253 Å². The molecule has 0 radical (unpaired) electrons. The zero-order valence-corrected chi connectivity index (χ0v) is 26.6. The van der Waals surface area contributed by atoms with Crippen molar-refractivity contribution in [3.05, 3.63) is 45.6 Å². The van der Waals surface area contributed by atoms with Crippen LogP contribution in [0.3, 0.4) is 0 Å². The van der Waals surface area contributed by atoms with Gasteiger partial charge < -0.3 is 19.7 Å². The molecular weight excluding hydrogens is 548 g/mol. The first-order chi connectivity index (χ1) is 19.8. The van der Waals surface area contributed by atoms with E-state index in [0.29, 0.717) is 11.1 Å². The molecule has 0 bridgehead atoms. The second-order valence-electron chi connectivity index (χ2n) is 15.4. The van der Waals surface area contributed by atoms with Crippen LogP contribution in [-0.2, 0) is 28.7 Å². The molecule has 8 heteroatoms. The van der Waals surface area contributed by atoms with E-state index in [-0.39, 0.29) is 30.8 Å². The van der Waals surface area contributed by atoms with Crippen LogP contribution >= 0.6 is 0 Å². The first-order valence-electron chi connectivity index (χ1n) is 15.6. The van der Waals surface area contributed by atoms with Crippen molar-refractivity contribution in [2.45, 2.75) is 124 Å². The van der Waals surface area contributed by atoms with Gasteiger partial charge >= 0.3 is 11.9 Å². The summed E-state index contributed by atoms with van der Waals surface area (Å²) in [5, 5.41) is 22.2. The summed E-state index contributed by atoms with van der Waals surface area (Å²) < 4.78 is 12.0. The van der Waals surface area contributed by atoms with E-state index in [1.54, 1.807) is 13.8 Å². The molecule has 0 amide bonds. The van der Waals surface area contributed by atoms with Crippen LogP contribution in [0.4, 0.5) is 0 Å². The average molecular weight is 593 g/mol. The molecule has 2 spiro atoms. The lowest BCUT2D eigenvalue weighted by molar-refractivity contribution is -0.153. The number of Topliss-reactive ketones (excluding diaryl/α,β-unsaturated/α-hetero) is 2. The van der Waals surface area contributed by atoms with Gasteiger partial charge in [-0.3, -0.25) is 19.2 Å². The van der Waals surface area contributed by atoms with Crippen molar-refractivity contribution < 1.29 is 38.9 Å². The minimum atomic E-state index is -1.47. The van der Waals surface area contributed by atoms with Gasteiger partial charge in [0, 0.05) is 56.8 Å². The minimum absolute atomic E-state index is 0.00386. The zero-order valence-electron chi connectivity index (χ0n) is 26.6. The molecule has 0 aromatic heterocycles. The van der Waals surface area contributed by atoms with Gasteiger partial charge in [0.25, 0.3) is 0 Å². The Morgan fingerprint density at radius 3 is 1.33 bits per heavy atom. The third kappa shape index (κ3) is 3.94. The van der Waals surface area contributed by atoms with Gasteiger partial charge in [-0.25, -0.2) is 0 Å². The predicted octanol–water partition coefficient (Wildman–Crippen LogP) is 4.77. The Balaban J connectivity index is 1.11. The Bertz CT molecular complexity index is 1390. The van der Waals surface area contributed by atoms with Gasteiger partial charge in [-0.1, -0.05) is 51.0 Å². The standard InChI is InChI=1S/C35H44O8/c1-18-24-20(26(38)32(7,40)34(18)12-13-34)16-30(3,4)28(24)42-22(36)10-9-11-23(37)43-29-25-19(2)35(14-15-35)33(8,41)27(39)21(25)17-31(29,5)6/h16-17,28-29,40-41H,9-15H2,1-8H3/t28-,29-,32+,33+/m1/s1. The molecule has 0 saturated heterocycles. The predicted molar refractivity (Wildman–Crippen MR) is 157 cm³/mol. The van der Waals surface area contributed by atoms with Crippen LogP contribution in [0.2, 0.25) is 0 Å². The van der Waals surface area contributed by atoms with E-state index < -0.39 is 57.0 Å². The molecule has 0 aromatic carbocycles. The fourth-order valence-electron chi connectivity index (χ4n) is 8.61. The number of carbonyl (C=O) groups excluding carboxylic acids is 4. The van der Waals surface area contributed by atoms with Gasteiger partial charge in [-0.15, -0.1) is 0 Å². The molecule has 0 aromatic rings. The normalized spacial score (nSPS) is 35.5. The second kappa shape index (κ2) is 8.87. The van der Waals surface area contributed by atoms with E-state index in [1.807, 2.05) is 53.7 Å². The van der Waals surface area contributed by atoms with Gasteiger partial charge in [-0.2, -0.15) is 0 Å². The molecule has 0 aliphatic heterocycles. The molecule has 2 saturated carbocycles. The summed E-state index contributed by atoms with van der Waals surface area (Å²) in [6.07, 6.45) is 5.45. The highest BCUT2D eigenvalue weighted by Gasteiger charge is 2.68. The number of aliphatic hydroxyl groups is 2. The third-order valence-corrected chi connectivity index (χ3v) is 11.7. The summed E-state index contributed by atoms with van der Waals surface area (Å²) in [7, 11) is 0. The maximum absolute atomic E-state index is 13.3. The number of hydrogen-bond donors (Lipinski definition) is 2. The van der Waals surface area contributed by atoms with Gasteiger partial charge in [0.2, 0.25) is 0 Å². The molecule has 2 N–H and O–H groups in total. The molecule has 43 heavy (non-hydrogen) atoms. The molecular formula is C35H44O8. The van der Waals surface area contributed by atoms with Crippen LogP contribution in [-0.4, -0.2) is 57.1 Å². The number of ether oxygens (including phenoxy) is 2. The lowest BCUT2D eigenvalue weighted by atomic mass is 9.67. The summed E-state index contributed by atoms with van der Waals surface area (Å²) in [5.74, 6) is -1.55. The average Bonchev–Trinajstić information content (AvgIpc) is 3.81. The number of esters is 2. The first-order valence-corrected chi connectivity index (χ1v) is 15.6. The fourth-order valence-corrected chi connectivity index (χ4v) is 8.61. The van der Waals surface area contributed by atoms with E-state index in [4.69, 9.17) is 9.47 Å². The Morgan fingerprint density at radius 1 is 0.698 bits per heavy atom. The maximum atomic E-state index is 13.3. The monoisotopic (exact) mass is 592 g/mol. The van der Waals surface area contributed by atoms with Crippen LogP contribution in [0, 0.1) is 21.7 Å². The Morgan fingerprint density at radius 2 is 1.02 bits per heavy atom. The smallest absolute Gasteiger partial charge is 0.306 e. The minimum Gasteiger partial charge on any atom is -0.457 e. The van der Waals surface area contributed by atoms with Gasteiger partial charge in [0.1, 0.15) is 23.4 Å². The summed E-state index contributed by atoms with van der Waals surface area (Å²) >= 11 is 0. The van der Waals surface area contributed by atoms with Crippen molar-refractivity contribution >= 4 is 23.5 Å². The van der Waals surface area contributed by atoms with Gasteiger partial charge in [0.05, 0.1) is 0 Å². The van der Waals surface area contributed by atoms with Gasteiger partial charge in [-0.05, 0) is 59.8 Å². The van der Waals surface area contributed by atoms with Crippen molar-refractivity contribution in [1.82, 2.24) is 0 Å². The number of ketones is 2. The number of fused-ring (bicyclic) bond motifs is 2. The van der Waals surface area contributed by atoms with E-state index in [0.717, 1.165) is 48.0 Å². The van der Waals surface area contributed by atoms with Crippen molar-refractivity contribution in [2.24, 2.45) is 21.7 Å². The quantitative estimate of drug-likeness (QED) is 0.422. The number of hydrogen-bond acceptors (Lipinski definition) is 8. The summed E-state index contributed by atoms with van der Waals surface area (Å²) in [5.41, 5.74) is -1.22. The van der Waals surface area contributed by atoms with Crippen molar-refractivity contribution in [3.8, 4) is 0 Å². The largest absolute Gasteiger partial charge is 0.457 e. The first kappa shape index (κ1) is 30.2. The highest BCUT2D eigenvalue weighted by molar-refractivity contribution is 6.10. The lowest BCUT2D eigenvalue weighted by Gasteiger charge is -2.40. The highest BCUT2D eigenvalue weighted by Crippen LogP contribution is 2.67. The maximum Gasteiger partial charge on any atom is 0.306 e. The summed E-state index contributed by atoms with van der Waals surface area (Å²) in [6.45, 7) is 14.7. The van der Waals surface area contributed by atoms with Crippen LogP contribution in [0.1, 0.15) is 100 Å². The summed E-state index contributed by atoms with van der Waals surface area (Å²) in [6, 6.07) is 0.